The average Bonchev–Trinajstić information content (AvgIpc) is 2.85. The molecule has 4 N–H and O–H groups in total. The highest BCUT2D eigenvalue weighted by Gasteiger charge is 2.20. The number of hydrogen-bond acceptors (Lipinski definition) is 6. The van der Waals surface area contributed by atoms with E-state index in [0.717, 1.165) is 49.1 Å². The normalized spacial score (nSPS) is 15.0. The van der Waals surface area contributed by atoms with Crippen molar-refractivity contribution in [1.29, 1.82) is 0 Å². The van der Waals surface area contributed by atoms with Gasteiger partial charge in [-0.2, -0.15) is 0 Å². The Hall–Kier alpha value is -3.68. The molecule has 1 aliphatic rings. The zero-order valence-electron chi connectivity index (χ0n) is 18.9. The number of hydrogen-bond donors (Lipinski definition) is 4. The molecule has 0 spiro atoms. The van der Waals surface area contributed by atoms with Crippen LogP contribution < -0.4 is 10.9 Å². The number of anilines is 2. The van der Waals surface area contributed by atoms with Crippen molar-refractivity contribution in [1.82, 2.24) is 14.9 Å². The summed E-state index contributed by atoms with van der Waals surface area (Å²) in [6.45, 7) is 2.97. The lowest BCUT2D eigenvalue weighted by atomic mass is 9.89. The zero-order chi connectivity index (χ0) is 23.5. The van der Waals surface area contributed by atoms with Gasteiger partial charge >= 0.3 is 0 Å². The quantitative estimate of drug-likeness (QED) is 0.347. The number of aliphatic hydroxyl groups excluding tert-OH is 1. The fourth-order valence-corrected chi connectivity index (χ4v) is 4.72. The number of benzene rings is 2. The monoisotopic (exact) mass is 456 g/mol. The van der Waals surface area contributed by atoms with Gasteiger partial charge in [0, 0.05) is 24.0 Å². The van der Waals surface area contributed by atoms with Gasteiger partial charge in [0.15, 0.2) is 0 Å². The molecule has 3 heterocycles. The highest BCUT2D eigenvalue weighted by molar-refractivity contribution is 5.95. The van der Waals surface area contributed by atoms with Gasteiger partial charge in [0.25, 0.3) is 5.56 Å². The predicted octanol–water partition coefficient (Wildman–Crippen LogP) is 4.21. The Morgan fingerprint density at radius 3 is 2.59 bits per heavy atom. The van der Waals surface area contributed by atoms with E-state index in [1.807, 2.05) is 30.3 Å². The molecule has 7 nitrogen and oxygen atoms in total. The van der Waals surface area contributed by atoms with Crippen LogP contribution in [0.1, 0.15) is 24.3 Å². The van der Waals surface area contributed by atoms with Crippen LogP contribution in [0.4, 0.5) is 11.5 Å². The highest BCUT2D eigenvalue weighted by Crippen LogP contribution is 2.31. The van der Waals surface area contributed by atoms with Gasteiger partial charge in [-0.1, -0.05) is 24.3 Å². The van der Waals surface area contributed by atoms with Crippen molar-refractivity contribution >= 4 is 22.3 Å². The number of aromatic amines is 1. The molecule has 1 saturated heterocycles. The summed E-state index contributed by atoms with van der Waals surface area (Å²) in [5.41, 5.74) is 3.39. The number of aromatic nitrogens is 2. The number of rotatable bonds is 6. The topological polar surface area (TPSA) is 101 Å². The second-order valence-corrected chi connectivity index (χ2v) is 8.76. The summed E-state index contributed by atoms with van der Waals surface area (Å²) in [6, 6.07) is 19.0. The van der Waals surface area contributed by atoms with Crippen molar-refractivity contribution in [2.75, 3.05) is 31.6 Å². The van der Waals surface area contributed by atoms with Gasteiger partial charge in [-0.15, -0.1) is 0 Å². The Labute approximate surface area is 197 Å². The third-order valence-electron chi connectivity index (χ3n) is 6.54. The Balaban J connectivity index is 1.43. The first-order valence-electron chi connectivity index (χ1n) is 11.6. The zero-order valence-corrected chi connectivity index (χ0v) is 18.9. The van der Waals surface area contributed by atoms with Crippen LogP contribution in [0.5, 0.6) is 5.75 Å². The number of likely N-dealkylation sites (tertiary alicyclic amines) is 1. The molecule has 34 heavy (non-hydrogen) atoms. The molecule has 1 aliphatic heterocycles. The van der Waals surface area contributed by atoms with Crippen LogP contribution in [0.3, 0.4) is 0 Å². The Kier molecular flexibility index (Phi) is 6.29. The van der Waals surface area contributed by atoms with Gasteiger partial charge in [-0.25, -0.2) is 4.98 Å². The minimum Gasteiger partial charge on any atom is -0.508 e. The number of fused-ring (bicyclic) bond motifs is 1. The third kappa shape index (κ3) is 4.66. The molecule has 0 atom stereocenters. The van der Waals surface area contributed by atoms with Crippen molar-refractivity contribution in [3.05, 3.63) is 82.8 Å². The van der Waals surface area contributed by atoms with Crippen molar-refractivity contribution in [3.8, 4) is 17.0 Å². The standard InChI is InChI=1S/C27H28N4O3/c32-15-14-31-12-9-19(10-13-31)18-4-6-22(7-5-18)29-26-25-21(8-11-28-27(25)34)17-24(30-26)20-2-1-3-23(33)16-20/h1-8,11,16-17,19,32-33H,9-10,12-15H2,(H,28,34)(H,29,30). The molecule has 0 aliphatic carbocycles. The number of piperidine rings is 1. The molecule has 2 aromatic heterocycles. The number of phenols is 1. The van der Waals surface area contributed by atoms with E-state index in [1.54, 1.807) is 24.4 Å². The molecule has 4 aromatic rings. The fourth-order valence-electron chi connectivity index (χ4n) is 4.72. The summed E-state index contributed by atoms with van der Waals surface area (Å²) in [7, 11) is 0. The summed E-state index contributed by atoms with van der Waals surface area (Å²) >= 11 is 0. The minimum atomic E-state index is -0.207. The van der Waals surface area contributed by atoms with Crippen LogP contribution in [0.15, 0.2) is 71.7 Å². The average molecular weight is 457 g/mol. The Morgan fingerprint density at radius 1 is 1.06 bits per heavy atom. The number of β-amino-alcohol motifs (C(OH)–C–C–N with tert-alkyl or cyclic N) is 1. The maximum Gasteiger partial charge on any atom is 0.259 e. The maximum atomic E-state index is 12.6. The van der Waals surface area contributed by atoms with Gasteiger partial charge in [0.05, 0.1) is 17.7 Å². The molecule has 0 amide bonds. The van der Waals surface area contributed by atoms with Gasteiger partial charge in [0.1, 0.15) is 11.6 Å². The SMILES string of the molecule is O=c1[nH]ccc2cc(-c3cccc(O)c3)nc(Nc3ccc(C4CCN(CCO)CC4)cc3)c12. The van der Waals surface area contributed by atoms with E-state index in [-0.39, 0.29) is 17.9 Å². The molecular weight excluding hydrogens is 428 g/mol. The number of nitrogens with zero attached hydrogens (tertiary/aromatic N) is 2. The number of aliphatic hydroxyl groups is 1. The molecule has 0 radical (unpaired) electrons. The van der Waals surface area contributed by atoms with Crippen molar-refractivity contribution in [3.63, 3.8) is 0 Å². The van der Waals surface area contributed by atoms with Crippen molar-refractivity contribution in [2.24, 2.45) is 0 Å². The van der Waals surface area contributed by atoms with Crippen LogP contribution in [0, 0.1) is 0 Å². The highest BCUT2D eigenvalue weighted by atomic mass is 16.3. The number of aromatic hydroxyl groups is 1. The Morgan fingerprint density at radius 2 is 1.85 bits per heavy atom. The maximum absolute atomic E-state index is 12.6. The van der Waals surface area contributed by atoms with E-state index >= 15 is 0 Å². The van der Waals surface area contributed by atoms with Crippen molar-refractivity contribution < 1.29 is 10.2 Å². The molecule has 174 valence electrons. The molecule has 0 bridgehead atoms. The second-order valence-electron chi connectivity index (χ2n) is 8.76. The van der Waals surface area contributed by atoms with Gasteiger partial charge in [0.2, 0.25) is 0 Å². The first-order valence-corrected chi connectivity index (χ1v) is 11.6. The molecule has 5 rings (SSSR count). The lowest BCUT2D eigenvalue weighted by Crippen LogP contribution is -2.34. The molecule has 1 fully saturated rings. The van der Waals surface area contributed by atoms with Gasteiger partial charge < -0.3 is 25.4 Å². The van der Waals surface area contributed by atoms with Crippen LogP contribution in [-0.4, -0.2) is 51.3 Å². The van der Waals surface area contributed by atoms with Crippen LogP contribution in [0.2, 0.25) is 0 Å². The van der Waals surface area contributed by atoms with E-state index in [2.05, 4.69) is 27.3 Å². The minimum absolute atomic E-state index is 0.164. The Bertz CT molecular complexity index is 1340. The summed E-state index contributed by atoms with van der Waals surface area (Å²) < 4.78 is 0. The fraction of sp³-hybridized carbons (Fsp3) is 0.259. The summed E-state index contributed by atoms with van der Waals surface area (Å²) in [4.78, 5) is 22.4. The molecule has 2 aromatic carbocycles. The first-order chi connectivity index (χ1) is 16.6. The van der Waals surface area contributed by atoms with E-state index in [9.17, 15) is 9.90 Å². The number of nitrogens with one attached hydrogen (secondary N) is 2. The van der Waals surface area contributed by atoms with E-state index in [4.69, 9.17) is 10.1 Å². The third-order valence-corrected chi connectivity index (χ3v) is 6.54. The van der Waals surface area contributed by atoms with E-state index in [1.165, 1.54) is 5.56 Å². The largest absolute Gasteiger partial charge is 0.508 e. The summed E-state index contributed by atoms with van der Waals surface area (Å²) in [6.07, 6.45) is 3.79. The molecule has 0 unspecified atom stereocenters. The number of H-pyrrole nitrogens is 1. The van der Waals surface area contributed by atoms with Crippen molar-refractivity contribution in [2.45, 2.75) is 18.8 Å². The summed E-state index contributed by atoms with van der Waals surface area (Å²) in [5.74, 6) is 1.15. The predicted molar refractivity (Wildman–Crippen MR) is 135 cm³/mol. The van der Waals surface area contributed by atoms with E-state index < -0.39 is 0 Å². The van der Waals surface area contributed by atoms with Crippen LogP contribution in [-0.2, 0) is 0 Å². The molecule has 0 saturated carbocycles. The van der Waals surface area contributed by atoms with Gasteiger partial charge in [-0.05, 0) is 79.2 Å². The van der Waals surface area contributed by atoms with Crippen LogP contribution >= 0.6 is 0 Å². The first kappa shape index (κ1) is 22.1. The smallest absolute Gasteiger partial charge is 0.259 e. The van der Waals surface area contributed by atoms with E-state index in [0.29, 0.717) is 22.8 Å². The lowest BCUT2D eigenvalue weighted by Gasteiger charge is -2.31. The number of phenolic OH excluding ortho intramolecular Hbond substituents is 1. The lowest BCUT2D eigenvalue weighted by molar-refractivity contribution is 0.164. The molecular formula is C27H28N4O3. The summed E-state index contributed by atoms with van der Waals surface area (Å²) in [5, 5.41) is 23.6. The second kappa shape index (κ2) is 9.67. The molecule has 7 heteroatoms. The number of pyridine rings is 2. The van der Waals surface area contributed by atoms with Gasteiger partial charge in [-0.3, -0.25) is 4.79 Å². The van der Waals surface area contributed by atoms with Crippen LogP contribution in [0.25, 0.3) is 22.0 Å².